The van der Waals surface area contributed by atoms with Crippen molar-refractivity contribution < 1.29 is 9.84 Å². The zero-order valence-corrected chi connectivity index (χ0v) is 10.4. The van der Waals surface area contributed by atoms with E-state index in [1.165, 1.54) is 5.56 Å². The summed E-state index contributed by atoms with van der Waals surface area (Å²) in [4.78, 5) is 2.28. The van der Waals surface area contributed by atoms with E-state index in [0.717, 1.165) is 26.1 Å². The van der Waals surface area contributed by atoms with Crippen molar-refractivity contribution in [3.8, 4) is 0 Å². The largest absolute Gasteiger partial charge is 0.396 e. The van der Waals surface area contributed by atoms with Crippen molar-refractivity contribution in [1.82, 2.24) is 4.90 Å². The molecule has 2 atom stereocenters. The molecule has 0 saturated carbocycles. The van der Waals surface area contributed by atoms with Gasteiger partial charge in [0.15, 0.2) is 0 Å². The van der Waals surface area contributed by atoms with E-state index in [-0.39, 0.29) is 12.7 Å². The predicted molar refractivity (Wildman–Crippen MR) is 67.8 cm³/mol. The Morgan fingerprint density at radius 2 is 2.12 bits per heavy atom. The Kier molecular flexibility index (Phi) is 4.54. The van der Waals surface area contributed by atoms with Crippen LogP contribution in [0.3, 0.4) is 0 Å². The van der Waals surface area contributed by atoms with Gasteiger partial charge in [-0.2, -0.15) is 0 Å². The van der Waals surface area contributed by atoms with Crippen LogP contribution in [0.2, 0.25) is 0 Å². The summed E-state index contributed by atoms with van der Waals surface area (Å²) in [5.74, 6) is 0.370. The molecule has 94 valence electrons. The zero-order chi connectivity index (χ0) is 12.1. The molecule has 1 aliphatic rings. The summed E-state index contributed by atoms with van der Waals surface area (Å²) >= 11 is 0. The molecule has 3 heteroatoms. The first kappa shape index (κ1) is 12.6. The third kappa shape index (κ3) is 3.28. The summed E-state index contributed by atoms with van der Waals surface area (Å²) in [5, 5.41) is 9.19. The van der Waals surface area contributed by atoms with Crippen molar-refractivity contribution in [1.29, 1.82) is 0 Å². The molecule has 1 N–H and O–H groups in total. The van der Waals surface area contributed by atoms with Gasteiger partial charge >= 0.3 is 0 Å². The first-order valence-corrected chi connectivity index (χ1v) is 6.27. The highest BCUT2D eigenvalue weighted by atomic mass is 16.5. The van der Waals surface area contributed by atoms with Gasteiger partial charge in [0.2, 0.25) is 0 Å². The zero-order valence-electron chi connectivity index (χ0n) is 10.4. The van der Waals surface area contributed by atoms with Gasteiger partial charge in [0.1, 0.15) is 0 Å². The van der Waals surface area contributed by atoms with Crippen molar-refractivity contribution in [2.45, 2.75) is 12.5 Å². The van der Waals surface area contributed by atoms with Gasteiger partial charge in [0.25, 0.3) is 0 Å². The molecule has 0 aromatic heterocycles. The van der Waals surface area contributed by atoms with Crippen LogP contribution in [0.5, 0.6) is 0 Å². The van der Waals surface area contributed by atoms with E-state index < -0.39 is 0 Å². The Labute approximate surface area is 103 Å². The highest BCUT2D eigenvalue weighted by Crippen LogP contribution is 2.30. The van der Waals surface area contributed by atoms with Crippen LogP contribution < -0.4 is 0 Å². The fourth-order valence-corrected chi connectivity index (χ4v) is 2.48. The average molecular weight is 235 g/mol. The minimum absolute atomic E-state index is 0.119. The molecule has 3 nitrogen and oxygen atoms in total. The number of hydrogen-bond donors (Lipinski definition) is 1. The van der Waals surface area contributed by atoms with E-state index in [2.05, 4.69) is 24.1 Å². The van der Waals surface area contributed by atoms with Gasteiger partial charge in [-0.1, -0.05) is 30.3 Å². The number of hydrogen-bond acceptors (Lipinski definition) is 3. The molecule has 2 rings (SSSR count). The maximum absolute atomic E-state index is 9.19. The number of benzene rings is 1. The summed E-state index contributed by atoms with van der Waals surface area (Å²) in [6.45, 7) is 2.94. The summed E-state index contributed by atoms with van der Waals surface area (Å²) in [6.07, 6.45) is 0.914. The summed E-state index contributed by atoms with van der Waals surface area (Å²) in [6, 6.07) is 10.3. The minimum Gasteiger partial charge on any atom is -0.396 e. The van der Waals surface area contributed by atoms with Crippen LogP contribution in [-0.4, -0.2) is 43.4 Å². The van der Waals surface area contributed by atoms with E-state index in [1.807, 2.05) is 18.2 Å². The van der Waals surface area contributed by atoms with Crippen LogP contribution in [0.1, 0.15) is 18.1 Å². The minimum atomic E-state index is 0.119. The molecule has 0 spiro atoms. The fourth-order valence-electron chi connectivity index (χ4n) is 2.48. The van der Waals surface area contributed by atoms with Crippen molar-refractivity contribution in [2.75, 3.05) is 33.4 Å². The second-order valence-electron chi connectivity index (χ2n) is 4.74. The number of nitrogens with zero attached hydrogens (tertiary/aromatic N) is 1. The summed E-state index contributed by atoms with van der Waals surface area (Å²) in [5.41, 5.74) is 1.22. The number of rotatable bonds is 3. The SMILES string of the molecule is CN1CCOC(c2ccccc2)C(CCO)C1. The third-order valence-electron chi connectivity index (χ3n) is 3.37. The van der Waals surface area contributed by atoms with E-state index in [0.29, 0.717) is 5.92 Å². The maximum atomic E-state index is 9.19. The molecular weight excluding hydrogens is 214 g/mol. The van der Waals surface area contributed by atoms with Gasteiger partial charge in [-0.05, 0) is 19.0 Å². The highest BCUT2D eigenvalue weighted by molar-refractivity contribution is 5.18. The molecular formula is C14H21NO2. The van der Waals surface area contributed by atoms with Gasteiger partial charge in [0, 0.05) is 25.6 Å². The topological polar surface area (TPSA) is 32.7 Å². The van der Waals surface area contributed by atoms with Crippen LogP contribution in [-0.2, 0) is 4.74 Å². The molecule has 1 saturated heterocycles. The van der Waals surface area contributed by atoms with Gasteiger partial charge < -0.3 is 14.7 Å². The number of likely N-dealkylation sites (N-methyl/N-ethyl adjacent to an activating group) is 1. The van der Waals surface area contributed by atoms with E-state index in [4.69, 9.17) is 4.74 Å². The number of aliphatic hydroxyl groups excluding tert-OH is 1. The molecule has 0 radical (unpaired) electrons. The molecule has 0 amide bonds. The standard InChI is InChI=1S/C14H21NO2/c1-15-8-10-17-14(13(11-15)7-9-16)12-5-3-2-4-6-12/h2-6,13-14,16H,7-11H2,1H3. The molecule has 0 bridgehead atoms. The molecule has 0 aliphatic carbocycles. The first-order valence-electron chi connectivity index (χ1n) is 6.27. The van der Waals surface area contributed by atoms with Crippen molar-refractivity contribution >= 4 is 0 Å². The molecule has 1 aliphatic heterocycles. The van der Waals surface area contributed by atoms with Crippen LogP contribution in [0.25, 0.3) is 0 Å². The van der Waals surface area contributed by atoms with Gasteiger partial charge in [0.05, 0.1) is 12.7 Å². The van der Waals surface area contributed by atoms with Gasteiger partial charge in [-0.15, -0.1) is 0 Å². The fraction of sp³-hybridized carbons (Fsp3) is 0.571. The molecule has 1 aromatic rings. The van der Waals surface area contributed by atoms with Crippen LogP contribution >= 0.6 is 0 Å². The lowest BCUT2D eigenvalue weighted by atomic mass is 9.92. The second-order valence-corrected chi connectivity index (χ2v) is 4.74. The maximum Gasteiger partial charge on any atom is 0.0866 e. The van der Waals surface area contributed by atoms with Crippen molar-refractivity contribution in [3.63, 3.8) is 0 Å². The Balaban J connectivity index is 2.16. The molecule has 1 aromatic carbocycles. The predicted octanol–water partition coefficient (Wildman–Crippen LogP) is 1.69. The number of aliphatic hydroxyl groups is 1. The second kappa shape index (κ2) is 6.15. The molecule has 1 fully saturated rings. The van der Waals surface area contributed by atoms with Crippen LogP contribution in [0, 0.1) is 5.92 Å². The smallest absolute Gasteiger partial charge is 0.0866 e. The van der Waals surface area contributed by atoms with Crippen molar-refractivity contribution in [3.05, 3.63) is 35.9 Å². The summed E-state index contributed by atoms with van der Waals surface area (Å²) < 4.78 is 5.97. The van der Waals surface area contributed by atoms with Gasteiger partial charge in [-0.25, -0.2) is 0 Å². The lowest BCUT2D eigenvalue weighted by Gasteiger charge is -2.26. The molecule has 17 heavy (non-hydrogen) atoms. The Bertz CT molecular complexity index is 328. The Morgan fingerprint density at radius 1 is 1.35 bits per heavy atom. The first-order chi connectivity index (χ1) is 8.31. The van der Waals surface area contributed by atoms with Gasteiger partial charge in [-0.3, -0.25) is 0 Å². The normalized spacial score (nSPS) is 26.7. The van der Waals surface area contributed by atoms with Crippen molar-refractivity contribution in [2.24, 2.45) is 5.92 Å². The molecule has 1 heterocycles. The summed E-state index contributed by atoms with van der Waals surface area (Å²) in [7, 11) is 2.11. The lowest BCUT2D eigenvalue weighted by Crippen LogP contribution is -2.27. The Morgan fingerprint density at radius 3 is 2.82 bits per heavy atom. The number of ether oxygens (including phenoxy) is 1. The van der Waals surface area contributed by atoms with Crippen LogP contribution in [0.4, 0.5) is 0 Å². The van der Waals surface area contributed by atoms with E-state index in [9.17, 15) is 5.11 Å². The quantitative estimate of drug-likeness (QED) is 0.865. The van der Waals surface area contributed by atoms with Crippen LogP contribution in [0.15, 0.2) is 30.3 Å². The highest BCUT2D eigenvalue weighted by Gasteiger charge is 2.27. The lowest BCUT2D eigenvalue weighted by molar-refractivity contribution is 0.0229. The Hall–Kier alpha value is -0.900. The third-order valence-corrected chi connectivity index (χ3v) is 3.37. The molecule has 2 unspecified atom stereocenters. The average Bonchev–Trinajstić information content (AvgIpc) is 2.52. The monoisotopic (exact) mass is 235 g/mol. The van der Waals surface area contributed by atoms with E-state index in [1.54, 1.807) is 0 Å². The van der Waals surface area contributed by atoms with E-state index >= 15 is 0 Å².